The molecule has 0 bridgehead atoms. The van der Waals surface area contributed by atoms with Gasteiger partial charge in [0.15, 0.2) is 0 Å². The third-order valence-electron chi connectivity index (χ3n) is 3.49. The SMILES string of the molecule is Cc1c(C(=O)[O-])c(=O)n(-c2ccccc2)n1-c1ccccc1. The smallest absolute Gasteiger partial charge is 0.281 e. The van der Waals surface area contributed by atoms with Crippen molar-refractivity contribution < 1.29 is 9.90 Å². The van der Waals surface area contributed by atoms with Crippen molar-refractivity contribution in [3.8, 4) is 11.4 Å². The van der Waals surface area contributed by atoms with Crippen molar-refractivity contribution in [3.63, 3.8) is 0 Å². The van der Waals surface area contributed by atoms with Gasteiger partial charge in [-0.15, -0.1) is 0 Å². The molecule has 0 aliphatic rings. The van der Waals surface area contributed by atoms with Crippen LogP contribution in [0.3, 0.4) is 0 Å². The molecule has 0 saturated carbocycles. The number of rotatable bonds is 3. The maximum absolute atomic E-state index is 12.5. The third kappa shape index (κ3) is 2.13. The number of carbonyl (C=O) groups excluding carboxylic acids is 1. The van der Waals surface area contributed by atoms with Crippen molar-refractivity contribution in [2.24, 2.45) is 0 Å². The van der Waals surface area contributed by atoms with Crippen LogP contribution in [0.2, 0.25) is 0 Å². The Morgan fingerprint density at radius 3 is 1.77 bits per heavy atom. The van der Waals surface area contributed by atoms with Crippen LogP contribution in [0.4, 0.5) is 0 Å². The Labute approximate surface area is 126 Å². The normalized spacial score (nSPS) is 10.6. The van der Waals surface area contributed by atoms with E-state index in [1.165, 1.54) is 4.68 Å². The molecule has 0 unspecified atom stereocenters. The molecule has 0 spiro atoms. The first-order valence-corrected chi connectivity index (χ1v) is 6.78. The molecule has 1 heterocycles. The number of aromatic nitrogens is 2. The minimum atomic E-state index is -1.47. The summed E-state index contributed by atoms with van der Waals surface area (Å²) in [7, 11) is 0. The van der Waals surface area contributed by atoms with Crippen LogP contribution in [-0.4, -0.2) is 15.3 Å². The quantitative estimate of drug-likeness (QED) is 0.731. The van der Waals surface area contributed by atoms with Gasteiger partial charge in [0.2, 0.25) is 0 Å². The van der Waals surface area contributed by atoms with Gasteiger partial charge in [-0.1, -0.05) is 36.4 Å². The molecule has 0 N–H and O–H groups in total. The van der Waals surface area contributed by atoms with Gasteiger partial charge in [-0.25, -0.2) is 9.36 Å². The van der Waals surface area contributed by atoms with E-state index in [0.29, 0.717) is 17.1 Å². The second-order valence-electron chi connectivity index (χ2n) is 4.85. The van der Waals surface area contributed by atoms with Crippen LogP contribution >= 0.6 is 0 Å². The lowest BCUT2D eigenvalue weighted by Gasteiger charge is -2.13. The second-order valence-corrected chi connectivity index (χ2v) is 4.85. The molecule has 0 aliphatic carbocycles. The van der Waals surface area contributed by atoms with Crippen molar-refractivity contribution in [1.29, 1.82) is 0 Å². The van der Waals surface area contributed by atoms with E-state index in [4.69, 9.17) is 0 Å². The van der Waals surface area contributed by atoms with Crippen LogP contribution in [0.5, 0.6) is 0 Å². The van der Waals surface area contributed by atoms with Gasteiger partial charge in [0.1, 0.15) is 0 Å². The fraction of sp³-hybridized carbons (Fsp3) is 0.0588. The lowest BCUT2D eigenvalue weighted by Crippen LogP contribution is -2.30. The highest BCUT2D eigenvalue weighted by molar-refractivity contribution is 5.87. The number of hydrogen-bond donors (Lipinski definition) is 0. The van der Waals surface area contributed by atoms with Crippen molar-refractivity contribution in [2.75, 3.05) is 0 Å². The molecule has 5 nitrogen and oxygen atoms in total. The molecule has 0 amide bonds. The molecule has 3 aromatic rings. The number of aromatic carboxylic acids is 1. The van der Waals surface area contributed by atoms with Crippen LogP contribution in [0.25, 0.3) is 11.4 Å². The fourth-order valence-electron chi connectivity index (χ4n) is 2.52. The maximum Gasteiger partial charge on any atom is 0.281 e. The Hall–Kier alpha value is -3.08. The predicted molar refractivity (Wildman–Crippen MR) is 80.4 cm³/mol. The lowest BCUT2D eigenvalue weighted by atomic mass is 10.2. The molecule has 0 fully saturated rings. The van der Waals surface area contributed by atoms with Gasteiger partial charge in [0.25, 0.3) is 5.56 Å². The second kappa shape index (κ2) is 5.37. The molecule has 3 rings (SSSR count). The third-order valence-corrected chi connectivity index (χ3v) is 3.49. The standard InChI is InChI=1S/C17H14N2O3/c1-12-15(17(21)22)16(20)19(14-10-6-3-7-11-14)18(12)13-8-4-2-5-9-13/h2-11H,1H3,(H,21,22)/p-1. The Morgan fingerprint density at radius 2 is 1.32 bits per heavy atom. The maximum atomic E-state index is 12.5. The predicted octanol–water partition coefficient (Wildman–Crippen LogP) is 1.30. The Kier molecular flexibility index (Phi) is 3.39. The monoisotopic (exact) mass is 293 g/mol. The molecule has 0 saturated heterocycles. The average Bonchev–Trinajstić information content (AvgIpc) is 2.80. The lowest BCUT2D eigenvalue weighted by molar-refractivity contribution is -0.255. The average molecular weight is 293 g/mol. The zero-order chi connectivity index (χ0) is 15.7. The van der Waals surface area contributed by atoms with Crippen LogP contribution < -0.4 is 10.7 Å². The number of hydrogen-bond acceptors (Lipinski definition) is 3. The molecule has 0 aliphatic heterocycles. The highest BCUT2D eigenvalue weighted by atomic mass is 16.4. The molecule has 110 valence electrons. The summed E-state index contributed by atoms with van der Waals surface area (Å²) in [5.74, 6) is -1.47. The largest absolute Gasteiger partial charge is 0.545 e. The van der Waals surface area contributed by atoms with E-state index in [2.05, 4.69) is 0 Å². The Morgan fingerprint density at radius 1 is 0.864 bits per heavy atom. The van der Waals surface area contributed by atoms with Gasteiger partial charge in [0.05, 0.1) is 28.6 Å². The van der Waals surface area contributed by atoms with E-state index >= 15 is 0 Å². The summed E-state index contributed by atoms with van der Waals surface area (Å²) < 4.78 is 2.93. The van der Waals surface area contributed by atoms with Gasteiger partial charge in [0, 0.05) is 0 Å². The summed E-state index contributed by atoms with van der Waals surface area (Å²) >= 11 is 0. The van der Waals surface area contributed by atoms with Gasteiger partial charge in [-0.3, -0.25) is 4.79 Å². The van der Waals surface area contributed by atoms with Crippen molar-refractivity contribution in [2.45, 2.75) is 6.92 Å². The summed E-state index contributed by atoms with van der Waals surface area (Å²) in [4.78, 5) is 23.9. The molecule has 0 radical (unpaired) electrons. The highest BCUT2D eigenvalue weighted by Crippen LogP contribution is 2.16. The zero-order valence-corrected chi connectivity index (χ0v) is 11.9. The van der Waals surface area contributed by atoms with E-state index < -0.39 is 11.5 Å². The van der Waals surface area contributed by atoms with Crippen LogP contribution in [0, 0.1) is 6.92 Å². The van der Waals surface area contributed by atoms with E-state index in [-0.39, 0.29) is 5.56 Å². The summed E-state index contributed by atoms with van der Waals surface area (Å²) in [6, 6.07) is 18.0. The van der Waals surface area contributed by atoms with Crippen LogP contribution in [0.1, 0.15) is 16.1 Å². The topological polar surface area (TPSA) is 67.1 Å². The molecule has 1 aromatic heterocycles. The molecule has 2 aromatic carbocycles. The van der Waals surface area contributed by atoms with Crippen molar-refractivity contribution >= 4 is 5.97 Å². The van der Waals surface area contributed by atoms with Crippen LogP contribution in [-0.2, 0) is 0 Å². The first-order chi connectivity index (χ1) is 10.6. The summed E-state index contributed by atoms with van der Waals surface area (Å²) in [5.41, 5.74) is 0.695. The first kappa shape index (κ1) is 13.9. The van der Waals surface area contributed by atoms with E-state index in [0.717, 1.165) is 0 Å². The van der Waals surface area contributed by atoms with E-state index in [1.54, 1.807) is 35.9 Å². The number of benzene rings is 2. The molecule has 0 atom stereocenters. The van der Waals surface area contributed by atoms with Gasteiger partial charge in [-0.05, 0) is 31.2 Å². The van der Waals surface area contributed by atoms with Crippen LogP contribution in [0.15, 0.2) is 65.5 Å². The molecular weight excluding hydrogens is 280 g/mol. The highest BCUT2D eigenvalue weighted by Gasteiger charge is 2.19. The minimum absolute atomic E-state index is 0.326. The number of nitrogens with zero attached hydrogens (tertiary/aromatic N) is 2. The molecule has 5 heteroatoms. The Balaban J connectivity index is 2.40. The fourth-order valence-corrected chi connectivity index (χ4v) is 2.52. The van der Waals surface area contributed by atoms with Gasteiger partial charge < -0.3 is 9.90 Å². The minimum Gasteiger partial charge on any atom is -0.545 e. The van der Waals surface area contributed by atoms with Crippen molar-refractivity contribution in [3.05, 3.63) is 82.3 Å². The van der Waals surface area contributed by atoms with Gasteiger partial charge in [-0.2, -0.15) is 0 Å². The number of carbonyl (C=O) groups is 1. The Bertz CT molecular complexity index is 878. The van der Waals surface area contributed by atoms with Crippen molar-refractivity contribution in [1.82, 2.24) is 9.36 Å². The number of para-hydroxylation sites is 2. The number of carboxylic acid groups (broad SMARTS) is 1. The van der Waals surface area contributed by atoms with Gasteiger partial charge >= 0.3 is 0 Å². The number of carboxylic acids is 1. The molecule has 22 heavy (non-hydrogen) atoms. The summed E-state index contributed by atoms with van der Waals surface area (Å²) in [6.07, 6.45) is 0. The summed E-state index contributed by atoms with van der Waals surface area (Å²) in [5, 5.41) is 11.3. The van der Waals surface area contributed by atoms with E-state index in [1.807, 2.05) is 36.4 Å². The zero-order valence-electron chi connectivity index (χ0n) is 11.9. The first-order valence-electron chi connectivity index (χ1n) is 6.78. The summed E-state index contributed by atoms with van der Waals surface area (Å²) in [6.45, 7) is 1.60. The van der Waals surface area contributed by atoms with E-state index in [9.17, 15) is 14.7 Å². The molecular formula is C17H13N2O3-.